The highest BCUT2D eigenvalue weighted by molar-refractivity contribution is 5.80. The van der Waals surface area contributed by atoms with E-state index in [0.717, 1.165) is 30.4 Å². The molecule has 1 saturated heterocycles. The molecule has 10 nitrogen and oxygen atoms in total. The molecule has 44 heavy (non-hydrogen) atoms. The Bertz CT molecular complexity index is 1250. The number of ether oxygens (including phenoxy) is 2. The van der Waals surface area contributed by atoms with E-state index in [9.17, 15) is 19.8 Å². The van der Waals surface area contributed by atoms with Gasteiger partial charge in [-0.05, 0) is 49.3 Å². The van der Waals surface area contributed by atoms with Gasteiger partial charge in [0, 0.05) is 50.4 Å². The molecule has 1 heterocycles. The van der Waals surface area contributed by atoms with Gasteiger partial charge >= 0.3 is 5.97 Å². The number of hydrogen-bond acceptors (Lipinski definition) is 7. The molecule has 0 aromatic heterocycles. The number of guanidine groups is 1. The van der Waals surface area contributed by atoms with Gasteiger partial charge < -0.3 is 36.1 Å². The first-order chi connectivity index (χ1) is 21.0. The van der Waals surface area contributed by atoms with Crippen molar-refractivity contribution in [1.82, 2.24) is 4.90 Å². The van der Waals surface area contributed by atoms with Crippen LogP contribution in [-0.4, -0.2) is 65.4 Å². The van der Waals surface area contributed by atoms with E-state index in [0.29, 0.717) is 69.3 Å². The van der Waals surface area contributed by atoms with E-state index in [-0.39, 0.29) is 35.5 Å². The molecule has 2 aromatic rings. The summed E-state index contributed by atoms with van der Waals surface area (Å²) in [7, 11) is 1.49. The maximum Gasteiger partial charge on any atom is 0.302 e. The number of carbonyl (C=O) groups is 2. The summed E-state index contributed by atoms with van der Waals surface area (Å²) >= 11 is 0. The molecule has 1 amide bonds. The first-order valence-electron chi connectivity index (χ1n) is 15.6. The Hall–Kier alpha value is -3.79. The first kappa shape index (κ1) is 34.7. The maximum atomic E-state index is 13.4. The van der Waals surface area contributed by atoms with Crippen molar-refractivity contribution in [3.05, 3.63) is 59.2 Å². The van der Waals surface area contributed by atoms with Crippen LogP contribution in [0.3, 0.4) is 0 Å². The molecule has 3 atom stereocenters. The monoisotopic (exact) mass is 610 g/mol. The molecule has 0 radical (unpaired) electrons. The Labute approximate surface area is 261 Å². The van der Waals surface area contributed by atoms with Gasteiger partial charge in [-0.15, -0.1) is 0 Å². The second-order valence-corrected chi connectivity index (χ2v) is 12.1. The second-order valence-electron chi connectivity index (χ2n) is 12.1. The summed E-state index contributed by atoms with van der Waals surface area (Å²) < 4.78 is 11.0. The maximum absolute atomic E-state index is 13.4. The van der Waals surface area contributed by atoms with Crippen molar-refractivity contribution in [2.45, 2.75) is 96.8 Å². The zero-order chi connectivity index (χ0) is 32.1. The standard InChI is InChI=1S/C34H50N4O6/c1-4-5-7-12-28(40)19-29(44-24(2)39)14-13-26-17-27(32(42)30(18-26)43-3)22-38-23-34(21-31(38)41,15-16-37-33(35)36)20-25-10-8-6-9-11-25/h6,8-11,17-18,28-29,40,42H,4-5,7,12-16,19-23H2,1-3H3,(H4,35,36,37). The van der Waals surface area contributed by atoms with Gasteiger partial charge in [0.05, 0.1) is 13.2 Å². The van der Waals surface area contributed by atoms with Crippen molar-refractivity contribution in [2.75, 3.05) is 20.2 Å². The van der Waals surface area contributed by atoms with Crippen LogP contribution in [0.4, 0.5) is 0 Å². The molecular formula is C34H50N4O6. The molecule has 0 aliphatic carbocycles. The molecular weight excluding hydrogens is 560 g/mol. The number of aliphatic hydroxyl groups is 1. The highest BCUT2D eigenvalue weighted by Gasteiger charge is 2.43. The molecule has 0 bridgehead atoms. The third-order valence-corrected chi connectivity index (χ3v) is 8.32. The van der Waals surface area contributed by atoms with Crippen LogP contribution in [0.25, 0.3) is 0 Å². The fourth-order valence-corrected chi connectivity index (χ4v) is 6.14. The average molecular weight is 611 g/mol. The Morgan fingerprint density at radius 1 is 1.14 bits per heavy atom. The summed E-state index contributed by atoms with van der Waals surface area (Å²) in [5, 5.41) is 21.6. The minimum atomic E-state index is -0.542. The first-order valence-corrected chi connectivity index (χ1v) is 15.6. The molecule has 0 spiro atoms. The number of carbonyl (C=O) groups excluding carboxylic acids is 2. The molecule has 6 N–H and O–H groups in total. The number of nitrogens with zero attached hydrogens (tertiary/aromatic N) is 2. The fraction of sp³-hybridized carbons (Fsp3) is 0.559. The van der Waals surface area contributed by atoms with Crippen LogP contribution in [0, 0.1) is 5.41 Å². The van der Waals surface area contributed by atoms with Gasteiger partial charge in [0.2, 0.25) is 5.91 Å². The van der Waals surface area contributed by atoms with E-state index in [2.05, 4.69) is 24.0 Å². The Morgan fingerprint density at radius 3 is 2.55 bits per heavy atom. The minimum absolute atomic E-state index is 0.00128. The predicted octanol–water partition coefficient (Wildman–Crippen LogP) is 4.22. The summed E-state index contributed by atoms with van der Waals surface area (Å²) in [5.41, 5.74) is 13.4. The molecule has 1 fully saturated rings. The van der Waals surface area contributed by atoms with Crippen molar-refractivity contribution in [2.24, 2.45) is 21.9 Å². The second kappa shape index (κ2) is 16.9. The molecule has 3 unspecified atom stereocenters. The quantitative estimate of drug-likeness (QED) is 0.0845. The van der Waals surface area contributed by atoms with E-state index in [1.165, 1.54) is 14.0 Å². The summed E-state index contributed by atoms with van der Waals surface area (Å²) in [6, 6.07) is 13.7. The van der Waals surface area contributed by atoms with E-state index in [1.807, 2.05) is 24.3 Å². The lowest BCUT2D eigenvalue weighted by molar-refractivity contribution is -0.148. The van der Waals surface area contributed by atoms with Gasteiger partial charge in [0.15, 0.2) is 17.5 Å². The van der Waals surface area contributed by atoms with Crippen molar-refractivity contribution >= 4 is 17.8 Å². The van der Waals surface area contributed by atoms with E-state index in [1.54, 1.807) is 11.0 Å². The normalized spacial score (nSPS) is 17.7. The number of aliphatic imine (C=N–C) groups is 1. The lowest BCUT2D eigenvalue weighted by Gasteiger charge is -2.29. The fourth-order valence-electron chi connectivity index (χ4n) is 6.14. The average Bonchev–Trinajstić information content (AvgIpc) is 3.27. The number of amides is 1. The van der Waals surface area contributed by atoms with Crippen LogP contribution in [0.5, 0.6) is 11.5 Å². The summed E-state index contributed by atoms with van der Waals surface area (Å²) in [6.07, 6.45) is 5.85. The number of unbranched alkanes of at least 4 members (excludes halogenated alkanes) is 2. The van der Waals surface area contributed by atoms with Gasteiger partial charge in [0.1, 0.15) is 6.10 Å². The number of phenolic OH excluding ortho intramolecular Hbond substituents is 1. The minimum Gasteiger partial charge on any atom is -0.504 e. The van der Waals surface area contributed by atoms with Crippen molar-refractivity contribution in [3.63, 3.8) is 0 Å². The molecule has 1 aliphatic rings. The third-order valence-electron chi connectivity index (χ3n) is 8.32. The van der Waals surface area contributed by atoms with Gasteiger partial charge in [-0.25, -0.2) is 0 Å². The lowest BCUT2D eigenvalue weighted by Crippen LogP contribution is -2.31. The van der Waals surface area contributed by atoms with E-state index < -0.39 is 12.2 Å². The summed E-state index contributed by atoms with van der Waals surface area (Å²) in [5.74, 6) is -0.0478. The number of hydrogen-bond donors (Lipinski definition) is 4. The highest BCUT2D eigenvalue weighted by atomic mass is 16.5. The van der Waals surface area contributed by atoms with Crippen LogP contribution in [0.1, 0.15) is 81.9 Å². The van der Waals surface area contributed by atoms with E-state index in [4.69, 9.17) is 20.9 Å². The van der Waals surface area contributed by atoms with Gasteiger partial charge in [-0.3, -0.25) is 14.6 Å². The van der Waals surface area contributed by atoms with Crippen LogP contribution >= 0.6 is 0 Å². The van der Waals surface area contributed by atoms with Crippen LogP contribution in [0.15, 0.2) is 47.5 Å². The largest absolute Gasteiger partial charge is 0.504 e. The molecule has 242 valence electrons. The summed E-state index contributed by atoms with van der Waals surface area (Å²) in [4.78, 5) is 31.2. The number of aromatic hydroxyl groups is 1. The van der Waals surface area contributed by atoms with E-state index >= 15 is 0 Å². The van der Waals surface area contributed by atoms with Crippen molar-refractivity contribution in [1.29, 1.82) is 0 Å². The third kappa shape index (κ3) is 10.7. The Kier molecular flexibility index (Phi) is 13.3. The Morgan fingerprint density at radius 2 is 1.89 bits per heavy atom. The number of phenols is 1. The van der Waals surface area contributed by atoms with Crippen LogP contribution < -0.4 is 16.2 Å². The predicted molar refractivity (Wildman–Crippen MR) is 171 cm³/mol. The number of rotatable bonds is 18. The molecule has 10 heteroatoms. The number of esters is 1. The lowest BCUT2D eigenvalue weighted by atomic mass is 9.78. The van der Waals surface area contributed by atoms with Crippen molar-refractivity contribution in [3.8, 4) is 11.5 Å². The highest BCUT2D eigenvalue weighted by Crippen LogP contribution is 2.41. The zero-order valence-electron chi connectivity index (χ0n) is 26.5. The van der Waals surface area contributed by atoms with Crippen LogP contribution in [0.2, 0.25) is 0 Å². The molecule has 0 saturated carbocycles. The number of nitrogens with two attached hydrogens (primary N) is 2. The zero-order valence-corrected chi connectivity index (χ0v) is 26.5. The number of methoxy groups -OCH3 is 1. The SMILES string of the molecule is CCCCCC(O)CC(CCc1cc(CN2CC(CCN=C(N)N)(Cc3ccccc3)CC2=O)c(O)c(OC)c1)OC(C)=O. The summed E-state index contributed by atoms with van der Waals surface area (Å²) in [6.45, 7) is 4.63. The molecule has 2 aromatic carbocycles. The number of likely N-dealkylation sites (tertiary alicyclic amines) is 1. The number of aliphatic hydroxyl groups excluding tert-OH is 1. The van der Waals surface area contributed by atoms with Gasteiger partial charge in [-0.1, -0.05) is 62.6 Å². The number of aryl methyl sites for hydroxylation is 1. The van der Waals surface area contributed by atoms with Gasteiger partial charge in [-0.2, -0.15) is 0 Å². The Balaban J connectivity index is 1.77. The number of benzene rings is 2. The van der Waals surface area contributed by atoms with Crippen molar-refractivity contribution < 1.29 is 29.3 Å². The van der Waals surface area contributed by atoms with Crippen LogP contribution in [-0.2, 0) is 33.7 Å². The van der Waals surface area contributed by atoms with Gasteiger partial charge in [0.25, 0.3) is 0 Å². The smallest absolute Gasteiger partial charge is 0.302 e. The molecule has 1 aliphatic heterocycles. The topological polar surface area (TPSA) is 161 Å². The molecule has 3 rings (SSSR count).